The number of benzene rings is 4. The third-order valence-corrected chi connectivity index (χ3v) is 9.61. The minimum atomic E-state index is -0.833. The molecular weight excluding hydrogens is 702 g/mol. The maximum Gasteiger partial charge on any atom is 0.261 e. The average Bonchev–Trinajstić information content (AvgIpc) is 3.54. The predicted molar refractivity (Wildman–Crippen MR) is 201 cm³/mol. The smallest absolute Gasteiger partial charge is 0.261 e. The van der Waals surface area contributed by atoms with Gasteiger partial charge in [-0.2, -0.15) is 0 Å². The Morgan fingerprint density at radius 2 is 0.909 bits per heavy atom. The zero-order valence-electron chi connectivity index (χ0n) is 30.9. The van der Waals surface area contributed by atoms with E-state index in [1.807, 2.05) is 0 Å². The van der Waals surface area contributed by atoms with E-state index in [0.29, 0.717) is 45.4 Å². The van der Waals surface area contributed by atoms with Crippen LogP contribution in [0.15, 0.2) is 72.8 Å². The predicted octanol–water partition coefficient (Wildman–Crippen LogP) is 4.30. The number of hydrogen-bond donors (Lipinski definition) is 3. The summed E-state index contributed by atoms with van der Waals surface area (Å²) in [7, 11) is 0. The molecule has 280 valence electrons. The van der Waals surface area contributed by atoms with Crippen LogP contribution in [0, 0.1) is 0 Å². The quantitative estimate of drug-likeness (QED) is 0.109. The topological polar surface area (TPSA) is 193 Å². The van der Waals surface area contributed by atoms with Crippen molar-refractivity contribution in [1.82, 2.24) is 20.4 Å². The highest BCUT2D eigenvalue weighted by atomic mass is 16.2. The number of nitrogens with zero attached hydrogens (tertiary/aromatic N) is 2. The van der Waals surface area contributed by atoms with E-state index < -0.39 is 17.7 Å². The van der Waals surface area contributed by atoms with Gasteiger partial charge in [0.25, 0.3) is 35.4 Å². The molecule has 13 nitrogen and oxygen atoms in total. The van der Waals surface area contributed by atoms with Crippen LogP contribution < -0.4 is 16.4 Å². The molecule has 55 heavy (non-hydrogen) atoms. The third kappa shape index (κ3) is 7.28. The molecule has 0 fully saturated rings. The molecule has 4 N–H and O–H groups in total. The number of Topliss-reactive ketones (excluding diaryl/α,β-unsaturated/α-hetero) is 1. The van der Waals surface area contributed by atoms with E-state index in [1.54, 1.807) is 82.3 Å². The van der Waals surface area contributed by atoms with E-state index in [2.05, 4.69) is 10.6 Å². The number of carbonyl (C=O) groups is 8. The molecule has 0 aliphatic carbocycles. The zero-order valence-corrected chi connectivity index (χ0v) is 30.9. The number of fused-ring (bicyclic) bond motifs is 2. The fraction of sp³-hybridized carbons (Fsp3) is 0.238. The highest BCUT2D eigenvalue weighted by Crippen LogP contribution is 2.29. The summed E-state index contributed by atoms with van der Waals surface area (Å²) >= 11 is 0. The molecule has 4 aromatic carbocycles. The number of nitrogens with two attached hydrogens (primary N) is 1. The van der Waals surface area contributed by atoms with Crippen molar-refractivity contribution in [2.75, 3.05) is 6.67 Å². The lowest BCUT2D eigenvalue weighted by Crippen LogP contribution is -2.38. The molecular formula is C42H39N5O8. The van der Waals surface area contributed by atoms with E-state index in [0.717, 1.165) is 5.56 Å². The summed E-state index contributed by atoms with van der Waals surface area (Å²) in [5, 5.41) is 5.15. The van der Waals surface area contributed by atoms with Gasteiger partial charge in [0.1, 0.15) is 0 Å². The summed E-state index contributed by atoms with van der Waals surface area (Å²) in [6, 6.07) is 18.8. The van der Waals surface area contributed by atoms with Gasteiger partial charge in [0, 0.05) is 17.6 Å². The monoisotopic (exact) mass is 741 g/mol. The number of ketones is 1. The summed E-state index contributed by atoms with van der Waals surface area (Å²) in [6.07, 6.45) is 0.605. The lowest BCUT2D eigenvalue weighted by molar-refractivity contribution is 0.0592. The Balaban J connectivity index is 1.12. The van der Waals surface area contributed by atoms with Crippen LogP contribution in [-0.4, -0.2) is 75.7 Å². The zero-order chi connectivity index (χ0) is 39.9. The van der Waals surface area contributed by atoms with Gasteiger partial charge in [-0.3, -0.25) is 48.2 Å². The van der Waals surface area contributed by atoms with Gasteiger partial charge >= 0.3 is 0 Å². The number of hydrogen-bond acceptors (Lipinski definition) is 8. The Labute approximate surface area is 316 Å². The minimum absolute atomic E-state index is 0.0269. The van der Waals surface area contributed by atoms with Crippen LogP contribution in [-0.2, 0) is 12.8 Å². The number of carbonyl (C=O) groups excluding carboxylic acids is 8. The van der Waals surface area contributed by atoms with Gasteiger partial charge in [0.2, 0.25) is 5.91 Å². The maximum atomic E-state index is 13.3. The lowest BCUT2D eigenvalue weighted by atomic mass is 9.95. The van der Waals surface area contributed by atoms with Gasteiger partial charge in [0.05, 0.1) is 45.6 Å². The first-order valence-electron chi connectivity index (χ1n) is 17.7. The first-order valence-corrected chi connectivity index (χ1v) is 17.7. The molecule has 0 bridgehead atoms. The summed E-state index contributed by atoms with van der Waals surface area (Å²) in [4.78, 5) is 105. The van der Waals surface area contributed by atoms with Crippen LogP contribution in [0.4, 0.5) is 0 Å². The largest absolute Gasteiger partial charge is 0.366 e. The van der Waals surface area contributed by atoms with Crippen LogP contribution in [0.25, 0.3) is 0 Å². The van der Waals surface area contributed by atoms with Crippen molar-refractivity contribution < 1.29 is 38.4 Å². The van der Waals surface area contributed by atoms with Crippen molar-refractivity contribution in [2.24, 2.45) is 5.73 Å². The molecule has 2 aliphatic heterocycles. The van der Waals surface area contributed by atoms with Crippen molar-refractivity contribution in [2.45, 2.75) is 59.5 Å². The van der Waals surface area contributed by atoms with Gasteiger partial charge < -0.3 is 16.4 Å². The number of nitrogens with one attached hydrogen (secondary N) is 2. The molecule has 2 aliphatic rings. The molecule has 0 spiro atoms. The molecule has 0 radical (unpaired) electrons. The number of rotatable bonds is 12. The van der Waals surface area contributed by atoms with Gasteiger partial charge in [-0.25, -0.2) is 0 Å². The molecule has 13 heteroatoms. The molecule has 0 unspecified atom stereocenters. The first-order chi connectivity index (χ1) is 26.1. The summed E-state index contributed by atoms with van der Waals surface area (Å²) in [5.41, 5.74) is 9.80. The highest BCUT2D eigenvalue weighted by molar-refractivity contribution is 6.22. The fourth-order valence-electron chi connectivity index (χ4n) is 6.93. The second-order valence-electron chi connectivity index (χ2n) is 14.1. The van der Waals surface area contributed by atoms with Crippen molar-refractivity contribution in [3.8, 4) is 0 Å². The Morgan fingerprint density at radius 3 is 1.35 bits per heavy atom. The minimum Gasteiger partial charge on any atom is -0.366 e. The SMILES string of the molecule is CC(=O)c1cc(Cc2ccc3c(c2)C(=O)N(C(C)C)C3=O)ccc1C(=O)NCNC(=O)c1cc(Cc2ccc3c(c2)C(=O)N(C(C)C)C3=O)ccc1C(N)=O. The fourth-order valence-corrected chi connectivity index (χ4v) is 6.93. The van der Waals surface area contributed by atoms with E-state index >= 15 is 0 Å². The molecule has 4 aromatic rings. The Hall–Kier alpha value is -6.76. The van der Waals surface area contributed by atoms with Crippen molar-refractivity contribution in [1.29, 1.82) is 0 Å². The van der Waals surface area contributed by atoms with Crippen LogP contribution in [0.3, 0.4) is 0 Å². The van der Waals surface area contributed by atoms with E-state index in [1.165, 1.54) is 34.9 Å². The van der Waals surface area contributed by atoms with Gasteiger partial charge in [-0.05, 0) is 118 Å². The van der Waals surface area contributed by atoms with Crippen LogP contribution in [0.5, 0.6) is 0 Å². The first kappa shape index (κ1) is 38.0. The Morgan fingerprint density at radius 1 is 0.527 bits per heavy atom. The van der Waals surface area contributed by atoms with Crippen molar-refractivity contribution >= 4 is 47.1 Å². The molecule has 6 rings (SSSR count). The van der Waals surface area contributed by atoms with E-state index in [9.17, 15) is 38.4 Å². The summed E-state index contributed by atoms with van der Waals surface area (Å²) < 4.78 is 0. The standard InChI is InChI=1S/C42H39N5O8/c1-21(2)46-39(52)30-12-8-26(18-34(30)41(46)54)14-24-7-11-29(32(16-24)23(5)48)37(50)44-20-45-38(51)33-17-25(6-10-28(33)36(43)49)15-27-9-13-31-35(19-27)42(55)47(22(3)4)40(31)53/h6-13,16-19,21-22H,14-15,20H2,1-5H3,(H2,43,49)(H,44,50)(H,45,51). The third-order valence-electron chi connectivity index (χ3n) is 9.61. The van der Waals surface area contributed by atoms with Crippen LogP contribution in [0.2, 0.25) is 0 Å². The van der Waals surface area contributed by atoms with Crippen molar-refractivity contribution in [3.05, 3.63) is 140 Å². The maximum absolute atomic E-state index is 13.3. The van der Waals surface area contributed by atoms with Crippen LogP contribution >= 0.6 is 0 Å². The van der Waals surface area contributed by atoms with E-state index in [-0.39, 0.29) is 76.8 Å². The second-order valence-corrected chi connectivity index (χ2v) is 14.1. The van der Waals surface area contributed by atoms with Gasteiger partial charge in [0.15, 0.2) is 5.78 Å². The Bertz CT molecular complexity index is 2360. The number of primary amides is 1. The molecule has 7 amide bonds. The summed E-state index contributed by atoms with van der Waals surface area (Å²) in [5.74, 6) is -3.93. The van der Waals surface area contributed by atoms with E-state index in [4.69, 9.17) is 5.73 Å². The molecule has 2 heterocycles. The van der Waals surface area contributed by atoms with Gasteiger partial charge in [-0.15, -0.1) is 0 Å². The Kier molecular flexibility index (Phi) is 10.3. The highest BCUT2D eigenvalue weighted by Gasteiger charge is 2.38. The van der Waals surface area contributed by atoms with Crippen LogP contribution in [0.1, 0.15) is 140 Å². The average molecular weight is 742 g/mol. The molecule has 0 saturated carbocycles. The second kappa shape index (κ2) is 14.9. The molecule has 0 saturated heterocycles. The van der Waals surface area contributed by atoms with Crippen molar-refractivity contribution in [3.63, 3.8) is 0 Å². The molecule has 0 aromatic heterocycles. The molecule has 0 atom stereocenters. The number of amides is 7. The normalized spacial score (nSPS) is 13.4. The summed E-state index contributed by atoms with van der Waals surface area (Å²) in [6.45, 7) is 8.05. The number of imide groups is 2. The van der Waals surface area contributed by atoms with Gasteiger partial charge in [-0.1, -0.05) is 24.3 Å². The lowest BCUT2D eigenvalue weighted by Gasteiger charge is -2.17.